The molecule has 1 heterocycles. The highest BCUT2D eigenvalue weighted by atomic mass is 16.4. The van der Waals surface area contributed by atoms with Crippen molar-refractivity contribution in [2.75, 3.05) is 0 Å². The van der Waals surface area contributed by atoms with Gasteiger partial charge in [0.25, 0.3) is 5.91 Å². The van der Waals surface area contributed by atoms with Crippen molar-refractivity contribution in [2.45, 2.75) is 57.9 Å². The number of carboxylic acid groups (broad SMARTS) is 1. The van der Waals surface area contributed by atoms with Crippen molar-refractivity contribution in [3.63, 3.8) is 0 Å². The van der Waals surface area contributed by atoms with E-state index in [1.165, 1.54) is 19.3 Å². The van der Waals surface area contributed by atoms with Crippen LogP contribution in [0.1, 0.15) is 62.4 Å². The molecule has 1 atom stereocenters. The minimum absolute atomic E-state index is 0.243. The molecule has 0 spiro atoms. The van der Waals surface area contributed by atoms with Gasteiger partial charge >= 0.3 is 5.97 Å². The minimum atomic E-state index is -0.998. The number of pyridine rings is 1. The van der Waals surface area contributed by atoms with Crippen LogP contribution in [-0.2, 0) is 4.79 Å². The van der Waals surface area contributed by atoms with Gasteiger partial charge in [0.05, 0.1) is 5.52 Å². The van der Waals surface area contributed by atoms with Gasteiger partial charge in [-0.05, 0) is 18.6 Å². The summed E-state index contributed by atoms with van der Waals surface area (Å²) in [6.45, 7) is 2.16. The molecule has 1 amide bonds. The number of hydrogen-bond acceptors (Lipinski definition) is 3. The van der Waals surface area contributed by atoms with Crippen LogP contribution in [-0.4, -0.2) is 28.0 Å². The van der Waals surface area contributed by atoms with Crippen molar-refractivity contribution in [1.82, 2.24) is 10.3 Å². The highest BCUT2D eigenvalue weighted by molar-refractivity contribution is 5.96. The third-order valence-corrected chi connectivity index (χ3v) is 4.28. The van der Waals surface area contributed by atoms with Gasteiger partial charge < -0.3 is 10.4 Å². The largest absolute Gasteiger partial charge is 0.480 e. The Morgan fingerprint density at radius 1 is 1.04 bits per heavy atom. The highest BCUT2D eigenvalue weighted by Crippen LogP contribution is 2.13. The molecular weight excluding hydrogens is 316 g/mol. The van der Waals surface area contributed by atoms with Crippen molar-refractivity contribution in [3.05, 3.63) is 42.1 Å². The van der Waals surface area contributed by atoms with Gasteiger partial charge in [-0.2, -0.15) is 0 Å². The molecule has 5 heteroatoms. The van der Waals surface area contributed by atoms with E-state index in [-0.39, 0.29) is 5.69 Å². The van der Waals surface area contributed by atoms with E-state index >= 15 is 0 Å². The Labute approximate surface area is 148 Å². The number of para-hydroxylation sites is 1. The van der Waals surface area contributed by atoms with Crippen LogP contribution >= 0.6 is 0 Å². The number of fused-ring (bicyclic) bond motifs is 1. The number of benzene rings is 1. The lowest BCUT2D eigenvalue weighted by molar-refractivity contribution is -0.139. The summed E-state index contributed by atoms with van der Waals surface area (Å²) < 4.78 is 0. The molecule has 5 nitrogen and oxygen atoms in total. The first-order valence-corrected chi connectivity index (χ1v) is 9.01. The molecule has 0 fully saturated rings. The van der Waals surface area contributed by atoms with Gasteiger partial charge in [0.15, 0.2) is 0 Å². The van der Waals surface area contributed by atoms with Crippen LogP contribution in [0.25, 0.3) is 10.9 Å². The van der Waals surface area contributed by atoms with Crippen LogP contribution in [0.5, 0.6) is 0 Å². The van der Waals surface area contributed by atoms with E-state index in [2.05, 4.69) is 17.2 Å². The minimum Gasteiger partial charge on any atom is -0.480 e. The SMILES string of the molecule is CCCCCCCC[C@@H](NC(=O)c1ccc2ccccc2n1)C(=O)O. The van der Waals surface area contributed by atoms with Crippen molar-refractivity contribution in [2.24, 2.45) is 0 Å². The molecular formula is C20H26N2O3. The number of carbonyl (C=O) groups is 2. The molecule has 0 radical (unpaired) electrons. The maximum atomic E-state index is 12.3. The number of carbonyl (C=O) groups excluding carboxylic acids is 1. The summed E-state index contributed by atoms with van der Waals surface area (Å²) in [5.41, 5.74) is 0.964. The van der Waals surface area contributed by atoms with E-state index in [0.29, 0.717) is 6.42 Å². The fourth-order valence-electron chi connectivity index (χ4n) is 2.81. The van der Waals surface area contributed by atoms with E-state index in [1.54, 1.807) is 6.07 Å². The normalized spacial score (nSPS) is 12.0. The van der Waals surface area contributed by atoms with Gasteiger partial charge in [0.2, 0.25) is 0 Å². The zero-order chi connectivity index (χ0) is 18.1. The van der Waals surface area contributed by atoms with Crippen molar-refractivity contribution >= 4 is 22.8 Å². The average molecular weight is 342 g/mol. The number of rotatable bonds is 10. The predicted octanol–water partition coefficient (Wildman–Crippen LogP) is 4.17. The summed E-state index contributed by atoms with van der Waals surface area (Å²) in [6, 6.07) is 10.1. The number of aliphatic carboxylic acids is 1. The maximum absolute atomic E-state index is 12.3. The fraction of sp³-hybridized carbons (Fsp3) is 0.450. The maximum Gasteiger partial charge on any atom is 0.326 e. The van der Waals surface area contributed by atoms with E-state index in [9.17, 15) is 14.7 Å². The Morgan fingerprint density at radius 3 is 2.52 bits per heavy atom. The summed E-state index contributed by atoms with van der Waals surface area (Å²) in [7, 11) is 0. The number of nitrogens with zero attached hydrogens (tertiary/aromatic N) is 1. The van der Waals surface area contributed by atoms with Crippen LogP contribution in [0.2, 0.25) is 0 Å². The number of carboxylic acids is 1. The molecule has 1 aromatic heterocycles. The number of aromatic nitrogens is 1. The van der Waals surface area contributed by atoms with Crippen LogP contribution in [0.3, 0.4) is 0 Å². The monoisotopic (exact) mass is 342 g/mol. The first-order chi connectivity index (χ1) is 12.1. The Hall–Kier alpha value is -2.43. The molecule has 0 unspecified atom stereocenters. The second-order valence-corrected chi connectivity index (χ2v) is 6.31. The van der Waals surface area contributed by atoms with Gasteiger partial charge in [-0.25, -0.2) is 9.78 Å². The van der Waals surface area contributed by atoms with E-state index in [0.717, 1.165) is 30.2 Å². The second kappa shape index (κ2) is 9.77. The molecule has 0 aliphatic carbocycles. The number of hydrogen-bond donors (Lipinski definition) is 2. The Bertz CT molecular complexity index is 715. The molecule has 2 rings (SSSR count). The Balaban J connectivity index is 1.91. The van der Waals surface area contributed by atoms with Crippen LogP contribution in [0.15, 0.2) is 36.4 Å². The fourth-order valence-corrected chi connectivity index (χ4v) is 2.81. The molecule has 0 aliphatic heterocycles. The standard InChI is InChI=1S/C20H26N2O3/c1-2-3-4-5-6-7-12-18(20(24)25)22-19(23)17-14-13-15-10-8-9-11-16(15)21-17/h8-11,13-14,18H,2-7,12H2,1H3,(H,22,23)(H,24,25)/t18-/m1/s1. The number of nitrogens with one attached hydrogen (secondary N) is 1. The molecule has 0 saturated heterocycles. The summed E-state index contributed by atoms with van der Waals surface area (Å²) in [5, 5.41) is 12.9. The average Bonchev–Trinajstić information content (AvgIpc) is 2.62. The Morgan fingerprint density at radius 2 is 1.76 bits per heavy atom. The van der Waals surface area contributed by atoms with Crippen LogP contribution in [0.4, 0.5) is 0 Å². The molecule has 2 N–H and O–H groups in total. The first kappa shape index (κ1) is 18.9. The van der Waals surface area contributed by atoms with Gasteiger partial charge in [0, 0.05) is 5.39 Å². The molecule has 0 saturated carbocycles. The lowest BCUT2D eigenvalue weighted by Gasteiger charge is -2.14. The van der Waals surface area contributed by atoms with Gasteiger partial charge in [-0.1, -0.05) is 69.7 Å². The van der Waals surface area contributed by atoms with Crippen LogP contribution in [0, 0.1) is 0 Å². The van der Waals surface area contributed by atoms with Crippen LogP contribution < -0.4 is 5.32 Å². The number of unbranched alkanes of at least 4 members (excludes halogenated alkanes) is 5. The molecule has 0 bridgehead atoms. The van der Waals surface area contributed by atoms with Crippen molar-refractivity contribution in [1.29, 1.82) is 0 Å². The van der Waals surface area contributed by atoms with E-state index in [4.69, 9.17) is 0 Å². The van der Waals surface area contributed by atoms with Crippen molar-refractivity contribution in [3.8, 4) is 0 Å². The summed E-state index contributed by atoms with van der Waals surface area (Å²) in [6.07, 6.45) is 6.93. The lowest BCUT2D eigenvalue weighted by atomic mass is 10.1. The first-order valence-electron chi connectivity index (χ1n) is 9.01. The van der Waals surface area contributed by atoms with Gasteiger partial charge in [0.1, 0.15) is 11.7 Å². The van der Waals surface area contributed by atoms with E-state index < -0.39 is 17.9 Å². The zero-order valence-corrected chi connectivity index (χ0v) is 14.7. The Kier molecular flexibility index (Phi) is 7.38. The topological polar surface area (TPSA) is 79.3 Å². The smallest absolute Gasteiger partial charge is 0.326 e. The van der Waals surface area contributed by atoms with Crippen molar-refractivity contribution < 1.29 is 14.7 Å². The summed E-state index contributed by atoms with van der Waals surface area (Å²) >= 11 is 0. The zero-order valence-electron chi connectivity index (χ0n) is 14.7. The predicted molar refractivity (Wildman–Crippen MR) is 98.6 cm³/mol. The highest BCUT2D eigenvalue weighted by Gasteiger charge is 2.20. The van der Waals surface area contributed by atoms with E-state index in [1.807, 2.05) is 30.3 Å². The molecule has 1 aromatic carbocycles. The third kappa shape index (κ3) is 5.85. The molecule has 134 valence electrons. The quantitative estimate of drug-likeness (QED) is 0.635. The summed E-state index contributed by atoms with van der Waals surface area (Å²) in [5.74, 6) is -1.44. The molecule has 0 aliphatic rings. The van der Waals surface area contributed by atoms with Gasteiger partial charge in [-0.15, -0.1) is 0 Å². The molecule has 25 heavy (non-hydrogen) atoms. The third-order valence-electron chi connectivity index (χ3n) is 4.28. The molecule has 2 aromatic rings. The number of amides is 1. The van der Waals surface area contributed by atoms with Gasteiger partial charge in [-0.3, -0.25) is 4.79 Å². The second-order valence-electron chi connectivity index (χ2n) is 6.31. The summed E-state index contributed by atoms with van der Waals surface area (Å²) in [4.78, 5) is 28.1. The lowest BCUT2D eigenvalue weighted by Crippen LogP contribution is -2.41.